The summed E-state index contributed by atoms with van der Waals surface area (Å²) in [6, 6.07) is 10.5. The zero-order chi connectivity index (χ0) is 15.4. The van der Waals surface area contributed by atoms with Crippen molar-refractivity contribution in [3.8, 4) is 0 Å². The Hall–Kier alpha value is -1.46. The fourth-order valence-electron chi connectivity index (χ4n) is 2.93. The number of nitrogens with zero attached hydrogens (tertiary/aromatic N) is 2. The lowest BCUT2D eigenvalue weighted by molar-refractivity contribution is 0.0543. The molecule has 116 valence electrons. The van der Waals surface area contributed by atoms with Crippen LogP contribution in [0.4, 0.5) is 5.95 Å². The third kappa shape index (κ3) is 3.47. The van der Waals surface area contributed by atoms with Gasteiger partial charge in [-0.25, -0.2) is 9.97 Å². The molecular formula is C17H20BrN3O. The summed E-state index contributed by atoms with van der Waals surface area (Å²) >= 11 is 3.58. The number of nitrogens with one attached hydrogen (secondary N) is 1. The molecule has 4 nitrogen and oxygen atoms in total. The van der Waals surface area contributed by atoms with Crippen molar-refractivity contribution in [3.05, 3.63) is 52.3 Å². The van der Waals surface area contributed by atoms with E-state index in [0.717, 1.165) is 42.8 Å². The zero-order valence-corrected chi connectivity index (χ0v) is 14.3. The fourth-order valence-corrected chi connectivity index (χ4v) is 3.33. The van der Waals surface area contributed by atoms with Crippen LogP contribution in [0.1, 0.15) is 24.1 Å². The lowest BCUT2D eigenvalue weighted by Gasteiger charge is -2.38. The summed E-state index contributed by atoms with van der Waals surface area (Å²) in [4.78, 5) is 8.74. The Morgan fingerprint density at radius 1 is 1.27 bits per heavy atom. The fraction of sp³-hybridized carbons (Fsp3) is 0.412. The Kier molecular flexibility index (Phi) is 4.74. The highest BCUT2D eigenvalue weighted by molar-refractivity contribution is 9.10. The van der Waals surface area contributed by atoms with Gasteiger partial charge in [0.25, 0.3) is 0 Å². The largest absolute Gasteiger partial charge is 0.381 e. The first-order valence-corrected chi connectivity index (χ1v) is 8.35. The topological polar surface area (TPSA) is 47.0 Å². The first-order chi connectivity index (χ1) is 10.7. The highest BCUT2D eigenvalue weighted by atomic mass is 79.9. The molecule has 0 radical (unpaired) electrons. The van der Waals surface area contributed by atoms with E-state index in [-0.39, 0.29) is 5.41 Å². The Balaban J connectivity index is 1.83. The van der Waals surface area contributed by atoms with Crippen LogP contribution in [0.25, 0.3) is 0 Å². The molecule has 1 fully saturated rings. The lowest BCUT2D eigenvalue weighted by atomic mass is 9.74. The number of ether oxygens (including phenoxy) is 1. The second kappa shape index (κ2) is 6.75. The van der Waals surface area contributed by atoms with Gasteiger partial charge in [-0.1, -0.05) is 28.1 Å². The Morgan fingerprint density at radius 3 is 2.82 bits per heavy atom. The van der Waals surface area contributed by atoms with E-state index in [1.54, 1.807) is 6.20 Å². The van der Waals surface area contributed by atoms with Crippen LogP contribution in [0.3, 0.4) is 0 Å². The van der Waals surface area contributed by atoms with Crippen molar-refractivity contribution in [1.82, 2.24) is 9.97 Å². The van der Waals surface area contributed by atoms with E-state index in [0.29, 0.717) is 5.95 Å². The van der Waals surface area contributed by atoms with Crippen LogP contribution >= 0.6 is 15.9 Å². The maximum atomic E-state index is 5.58. The summed E-state index contributed by atoms with van der Waals surface area (Å²) in [5.41, 5.74) is 2.38. The summed E-state index contributed by atoms with van der Waals surface area (Å²) in [7, 11) is 0. The Labute approximate surface area is 139 Å². The quantitative estimate of drug-likeness (QED) is 0.901. The van der Waals surface area contributed by atoms with Gasteiger partial charge in [0.1, 0.15) is 0 Å². The van der Waals surface area contributed by atoms with Gasteiger partial charge in [-0.05, 0) is 43.5 Å². The molecule has 0 unspecified atom stereocenters. The predicted octanol–water partition coefficient (Wildman–Crippen LogP) is 3.71. The molecule has 2 aromatic rings. The molecule has 1 N–H and O–H groups in total. The van der Waals surface area contributed by atoms with Gasteiger partial charge in [0.05, 0.1) is 0 Å². The molecule has 22 heavy (non-hydrogen) atoms. The number of aryl methyl sites for hydroxylation is 1. The standard InChI is InChI=1S/C17H20BrN3O/c1-13-5-8-19-16(21-13)20-12-17(6-9-22-10-7-17)14-3-2-4-15(18)11-14/h2-5,8,11H,6-7,9-10,12H2,1H3,(H,19,20,21). The van der Waals surface area contributed by atoms with Crippen molar-refractivity contribution >= 4 is 21.9 Å². The van der Waals surface area contributed by atoms with E-state index in [4.69, 9.17) is 4.74 Å². The van der Waals surface area contributed by atoms with Crippen molar-refractivity contribution < 1.29 is 4.74 Å². The minimum Gasteiger partial charge on any atom is -0.381 e. The summed E-state index contributed by atoms with van der Waals surface area (Å²) < 4.78 is 6.69. The second-order valence-corrected chi connectivity index (χ2v) is 6.69. The molecule has 0 bridgehead atoms. The Morgan fingerprint density at radius 2 is 2.09 bits per heavy atom. The minimum absolute atomic E-state index is 0.0646. The van der Waals surface area contributed by atoms with Gasteiger partial charge >= 0.3 is 0 Å². The summed E-state index contributed by atoms with van der Waals surface area (Å²) in [5.74, 6) is 0.695. The van der Waals surface area contributed by atoms with Crippen molar-refractivity contribution in [2.75, 3.05) is 25.1 Å². The van der Waals surface area contributed by atoms with Crippen LogP contribution in [0.2, 0.25) is 0 Å². The molecule has 0 spiro atoms. The number of halogens is 1. The number of hydrogen-bond acceptors (Lipinski definition) is 4. The first kappa shape index (κ1) is 15.4. The molecule has 0 atom stereocenters. The summed E-state index contributed by atoms with van der Waals surface area (Å²) in [6.45, 7) is 4.38. The van der Waals surface area contributed by atoms with Crippen molar-refractivity contribution in [1.29, 1.82) is 0 Å². The van der Waals surface area contributed by atoms with Gasteiger partial charge in [0.2, 0.25) is 5.95 Å². The molecule has 1 aliphatic rings. The molecule has 1 aliphatic heterocycles. The average molecular weight is 362 g/mol. The molecule has 0 aliphatic carbocycles. The van der Waals surface area contributed by atoms with E-state index >= 15 is 0 Å². The average Bonchev–Trinajstić information content (AvgIpc) is 2.54. The normalized spacial score (nSPS) is 17.2. The van der Waals surface area contributed by atoms with Crippen LogP contribution in [0.5, 0.6) is 0 Å². The zero-order valence-electron chi connectivity index (χ0n) is 12.7. The third-order valence-electron chi connectivity index (χ3n) is 4.27. The van der Waals surface area contributed by atoms with E-state index in [9.17, 15) is 0 Å². The number of anilines is 1. The molecule has 1 saturated heterocycles. The van der Waals surface area contributed by atoms with E-state index in [1.165, 1.54) is 5.56 Å². The van der Waals surface area contributed by atoms with Crippen LogP contribution in [-0.4, -0.2) is 29.7 Å². The van der Waals surface area contributed by atoms with Gasteiger partial charge in [0, 0.05) is 41.5 Å². The van der Waals surface area contributed by atoms with Crippen molar-refractivity contribution in [3.63, 3.8) is 0 Å². The van der Waals surface area contributed by atoms with Crippen molar-refractivity contribution in [2.24, 2.45) is 0 Å². The van der Waals surface area contributed by atoms with Gasteiger partial charge < -0.3 is 10.1 Å². The number of aromatic nitrogens is 2. The maximum absolute atomic E-state index is 5.58. The first-order valence-electron chi connectivity index (χ1n) is 7.55. The molecular weight excluding hydrogens is 342 g/mol. The molecule has 1 aromatic heterocycles. The van der Waals surface area contributed by atoms with Gasteiger partial charge in [0.15, 0.2) is 0 Å². The predicted molar refractivity (Wildman–Crippen MR) is 91.1 cm³/mol. The molecule has 0 amide bonds. The number of rotatable bonds is 4. The van der Waals surface area contributed by atoms with Gasteiger partial charge in [-0.3, -0.25) is 0 Å². The van der Waals surface area contributed by atoms with E-state index in [1.807, 2.05) is 13.0 Å². The molecule has 0 saturated carbocycles. The highest BCUT2D eigenvalue weighted by Crippen LogP contribution is 2.36. The van der Waals surface area contributed by atoms with Crippen LogP contribution in [0.15, 0.2) is 41.0 Å². The molecule has 3 rings (SSSR count). The number of benzene rings is 1. The molecule has 5 heteroatoms. The number of hydrogen-bond donors (Lipinski definition) is 1. The SMILES string of the molecule is Cc1ccnc(NCC2(c3cccc(Br)c3)CCOCC2)n1. The highest BCUT2D eigenvalue weighted by Gasteiger charge is 2.34. The lowest BCUT2D eigenvalue weighted by Crippen LogP contribution is -2.40. The summed E-state index contributed by atoms with van der Waals surface area (Å²) in [6.07, 6.45) is 3.80. The van der Waals surface area contributed by atoms with Gasteiger partial charge in [-0.2, -0.15) is 0 Å². The smallest absolute Gasteiger partial charge is 0.222 e. The van der Waals surface area contributed by atoms with Crippen molar-refractivity contribution in [2.45, 2.75) is 25.2 Å². The Bertz CT molecular complexity index is 641. The molecule has 2 heterocycles. The van der Waals surface area contributed by atoms with Gasteiger partial charge in [-0.15, -0.1) is 0 Å². The van der Waals surface area contributed by atoms with E-state index < -0.39 is 0 Å². The van der Waals surface area contributed by atoms with E-state index in [2.05, 4.69) is 55.5 Å². The third-order valence-corrected chi connectivity index (χ3v) is 4.76. The monoisotopic (exact) mass is 361 g/mol. The van der Waals surface area contributed by atoms with Crippen LogP contribution in [0, 0.1) is 6.92 Å². The maximum Gasteiger partial charge on any atom is 0.222 e. The minimum atomic E-state index is 0.0646. The van der Waals surface area contributed by atoms with Crippen LogP contribution in [-0.2, 0) is 10.2 Å². The summed E-state index contributed by atoms with van der Waals surface area (Å²) in [5, 5.41) is 3.42. The van der Waals surface area contributed by atoms with Crippen LogP contribution < -0.4 is 5.32 Å². The second-order valence-electron chi connectivity index (χ2n) is 5.78. The molecule has 1 aromatic carbocycles.